The van der Waals surface area contributed by atoms with Crippen LogP contribution < -0.4 is 9.64 Å². The van der Waals surface area contributed by atoms with Crippen LogP contribution >= 0.6 is 11.6 Å². The van der Waals surface area contributed by atoms with Crippen LogP contribution in [0.25, 0.3) is 0 Å². The maximum absolute atomic E-state index is 13.1. The van der Waals surface area contributed by atoms with Crippen molar-refractivity contribution in [3.05, 3.63) is 53.6 Å². The summed E-state index contributed by atoms with van der Waals surface area (Å²) in [5.74, 6) is -1.29. The highest BCUT2D eigenvalue weighted by Crippen LogP contribution is 2.38. The lowest BCUT2D eigenvalue weighted by Gasteiger charge is -2.33. The number of fused-ring (bicyclic) bond motifs is 1. The third-order valence-electron chi connectivity index (χ3n) is 5.55. The highest BCUT2D eigenvalue weighted by Gasteiger charge is 2.47. The normalized spacial score (nSPS) is 22.5. The molecule has 31 heavy (non-hydrogen) atoms. The number of anilines is 1. The second-order valence-electron chi connectivity index (χ2n) is 7.44. The van der Waals surface area contributed by atoms with E-state index < -0.39 is 22.3 Å². The van der Waals surface area contributed by atoms with Crippen LogP contribution in [0.15, 0.2) is 53.4 Å². The number of nitrogens with zero attached hydrogens (tertiary/aromatic N) is 2. The van der Waals surface area contributed by atoms with Crippen molar-refractivity contribution in [2.75, 3.05) is 24.5 Å². The molecule has 0 bridgehead atoms. The molecule has 2 aliphatic heterocycles. The van der Waals surface area contributed by atoms with Crippen molar-refractivity contribution < 1.29 is 31.1 Å². The standard InChI is InChI=1S/C20H18ClF3N2O4S/c21-17-3-1-2-4-18(17)31(28,29)25-11-13-9-10-26(19(27)16(13)12-25)14-5-7-15(8-6-14)30-20(22,23)24/h1-8,13,16H,9-12H2/t13-,16-/m0/s1. The smallest absolute Gasteiger partial charge is 0.406 e. The molecule has 0 aromatic heterocycles. The number of amides is 1. The van der Waals surface area contributed by atoms with E-state index in [0.29, 0.717) is 18.7 Å². The van der Waals surface area contributed by atoms with E-state index in [1.165, 1.54) is 33.5 Å². The van der Waals surface area contributed by atoms with Crippen LogP contribution in [-0.2, 0) is 14.8 Å². The van der Waals surface area contributed by atoms with Gasteiger partial charge in [-0.25, -0.2) is 8.42 Å². The molecule has 2 aromatic carbocycles. The predicted molar refractivity (Wildman–Crippen MR) is 107 cm³/mol. The van der Waals surface area contributed by atoms with Gasteiger partial charge in [0, 0.05) is 25.3 Å². The highest BCUT2D eigenvalue weighted by atomic mass is 35.5. The van der Waals surface area contributed by atoms with Gasteiger partial charge in [0.15, 0.2) is 0 Å². The van der Waals surface area contributed by atoms with Gasteiger partial charge in [-0.15, -0.1) is 13.2 Å². The number of alkyl halides is 3. The summed E-state index contributed by atoms with van der Waals surface area (Å²) < 4.78 is 68.2. The minimum absolute atomic E-state index is 0.000118. The number of hydrogen-bond donors (Lipinski definition) is 0. The molecule has 0 radical (unpaired) electrons. The first-order chi connectivity index (χ1) is 14.6. The van der Waals surface area contributed by atoms with Gasteiger partial charge < -0.3 is 9.64 Å². The number of ether oxygens (including phenoxy) is 1. The van der Waals surface area contributed by atoms with Gasteiger partial charge in [0.2, 0.25) is 15.9 Å². The van der Waals surface area contributed by atoms with Crippen LogP contribution in [0.2, 0.25) is 5.02 Å². The second-order valence-corrected chi connectivity index (χ2v) is 9.75. The van der Waals surface area contributed by atoms with E-state index in [1.54, 1.807) is 12.1 Å². The van der Waals surface area contributed by atoms with Gasteiger partial charge in [-0.2, -0.15) is 4.31 Å². The third-order valence-corrected chi connectivity index (χ3v) is 7.88. The Morgan fingerprint density at radius 2 is 1.71 bits per heavy atom. The van der Waals surface area contributed by atoms with Gasteiger partial charge in [0.05, 0.1) is 10.9 Å². The number of sulfonamides is 1. The summed E-state index contributed by atoms with van der Waals surface area (Å²) in [5.41, 5.74) is 0.436. The topological polar surface area (TPSA) is 66.9 Å². The number of carbonyl (C=O) groups is 1. The van der Waals surface area contributed by atoms with E-state index in [2.05, 4.69) is 4.74 Å². The fourth-order valence-electron chi connectivity index (χ4n) is 4.08. The van der Waals surface area contributed by atoms with Crippen molar-refractivity contribution >= 4 is 33.2 Å². The first-order valence-electron chi connectivity index (χ1n) is 9.48. The Labute approximate surface area is 182 Å². The SMILES string of the molecule is O=C1[C@H]2CN(S(=O)(=O)c3ccccc3Cl)C[C@@H]2CCN1c1ccc(OC(F)(F)F)cc1. The Morgan fingerprint density at radius 3 is 2.35 bits per heavy atom. The van der Waals surface area contributed by atoms with Crippen LogP contribution in [0.5, 0.6) is 5.75 Å². The van der Waals surface area contributed by atoms with Gasteiger partial charge in [0.1, 0.15) is 10.6 Å². The molecule has 2 saturated heterocycles. The first-order valence-corrected chi connectivity index (χ1v) is 11.3. The Morgan fingerprint density at radius 1 is 1.03 bits per heavy atom. The molecular formula is C20H18ClF3N2O4S. The van der Waals surface area contributed by atoms with Crippen molar-refractivity contribution in [3.63, 3.8) is 0 Å². The van der Waals surface area contributed by atoms with Crippen LogP contribution in [-0.4, -0.2) is 44.6 Å². The molecule has 2 heterocycles. The summed E-state index contributed by atoms with van der Waals surface area (Å²) in [5, 5.41) is 0.117. The monoisotopic (exact) mass is 474 g/mol. The van der Waals surface area contributed by atoms with Crippen molar-refractivity contribution in [2.24, 2.45) is 11.8 Å². The number of hydrogen-bond acceptors (Lipinski definition) is 4. The molecule has 4 rings (SSSR count). The van der Waals surface area contributed by atoms with Crippen molar-refractivity contribution in [1.29, 1.82) is 0 Å². The lowest BCUT2D eigenvalue weighted by molar-refractivity contribution is -0.274. The summed E-state index contributed by atoms with van der Waals surface area (Å²) in [6.07, 6.45) is -4.22. The van der Waals surface area contributed by atoms with Crippen LogP contribution in [0, 0.1) is 11.8 Å². The fourth-order valence-corrected chi connectivity index (χ4v) is 6.10. The largest absolute Gasteiger partial charge is 0.573 e. The van der Waals surface area contributed by atoms with Gasteiger partial charge in [0.25, 0.3) is 0 Å². The number of rotatable bonds is 4. The minimum atomic E-state index is -4.80. The number of halogens is 4. The fraction of sp³-hybridized carbons (Fsp3) is 0.350. The summed E-state index contributed by atoms with van der Waals surface area (Å²) in [4.78, 5) is 14.5. The Balaban J connectivity index is 1.51. The molecule has 0 N–H and O–H groups in total. The molecule has 11 heteroatoms. The zero-order chi connectivity index (χ0) is 22.4. The van der Waals surface area contributed by atoms with E-state index in [0.717, 1.165) is 12.1 Å². The van der Waals surface area contributed by atoms with Crippen LogP contribution in [0.4, 0.5) is 18.9 Å². The zero-order valence-electron chi connectivity index (χ0n) is 16.0. The van der Waals surface area contributed by atoms with E-state index >= 15 is 0 Å². The molecule has 1 amide bonds. The summed E-state index contributed by atoms with van der Waals surface area (Å²) in [6.45, 7) is 0.596. The quantitative estimate of drug-likeness (QED) is 0.674. The summed E-state index contributed by atoms with van der Waals surface area (Å²) >= 11 is 6.06. The van der Waals surface area contributed by atoms with Crippen LogP contribution in [0.3, 0.4) is 0 Å². The van der Waals surface area contributed by atoms with Crippen molar-refractivity contribution in [2.45, 2.75) is 17.7 Å². The molecule has 6 nitrogen and oxygen atoms in total. The maximum Gasteiger partial charge on any atom is 0.573 e. The van der Waals surface area contributed by atoms with Gasteiger partial charge in [-0.3, -0.25) is 4.79 Å². The zero-order valence-corrected chi connectivity index (χ0v) is 17.6. The molecule has 2 aromatic rings. The molecular weight excluding hydrogens is 457 g/mol. The molecule has 0 saturated carbocycles. The molecule has 2 fully saturated rings. The average Bonchev–Trinajstić information content (AvgIpc) is 3.14. The molecule has 0 spiro atoms. The number of benzene rings is 2. The van der Waals surface area contributed by atoms with Crippen molar-refractivity contribution in [1.82, 2.24) is 4.31 Å². The highest BCUT2D eigenvalue weighted by molar-refractivity contribution is 7.89. The Hall–Kier alpha value is -2.30. The molecule has 0 aliphatic carbocycles. The van der Waals surface area contributed by atoms with Gasteiger partial charge in [-0.05, 0) is 48.7 Å². The number of piperidine rings is 1. The van der Waals surface area contributed by atoms with Gasteiger partial charge >= 0.3 is 6.36 Å². The van der Waals surface area contributed by atoms with E-state index in [9.17, 15) is 26.4 Å². The molecule has 0 unspecified atom stereocenters. The summed E-state index contributed by atoms with van der Waals surface area (Å²) in [6, 6.07) is 11.2. The number of carbonyl (C=O) groups excluding carboxylic acids is 1. The van der Waals surface area contributed by atoms with E-state index in [-0.39, 0.29) is 40.6 Å². The maximum atomic E-state index is 13.1. The van der Waals surface area contributed by atoms with Crippen LogP contribution in [0.1, 0.15) is 6.42 Å². The molecule has 166 valence electrons. The lowest BCUT2D eigenvalue weighted by Crippen LogP contribution is -2.45. The molecule has 2 aliphatic rings. The van der Waals surface area contributed by atoms with Gasteiger partial charge in [-0.1, -0.05) is 23.7 Å². The lowest BCUT2D eigenvalue weighted by atomic mass is 9.87. The Bertz CT molecular complexity index is 1090. The molecule has 2 atom stereocenters. The third kappa shape index (κ3) is 4.37. The van der Waals surface area contributed by atoms with E-state index in [1.807, 2.05) is 0 Å². The second kappa shape index (κ2) is 7.99. The van der Waals surface area contributed by atoms with Crippen molar-refractivity contribution in [3.8, 4) is 5.75 Å². The Kier molecular flexibility index (Phi) is 5.65. The minimum Gasteiger partial charge on any atom is -0.406 e. The predicted octanol–water partition coefficient (Wildman–Crippen LogP) is 3.91. The van der Waals surface area contributed by atoms with E-state index in [4.69, 9.17) is 11.6 Å². The average molecular weight is 475 g/mol. The first kappa shape index (κ1) is 21.9. The summed E-state index contributed by atoms with van der Waals surface area (Å²) in [7, 11) is -3.85.